The Balaban J connectivity index is 1.81. The first-order chi connectivity index (χ1) is 12.3. The quantitative estimate of drug-likeness (QED) is 0.736. The summed E-state index contributed by atoms with van der Waals surface area (Å²) in [6.45, 7) is 6.03. The number of likely N-dealkylation sites (N-methyl/N-ethyl adjacent to an activating group) is 1. The minimum atomic E-state index is -0.673. The van der Waals surface area contributed by atoms with Crippen LogP contribution in [-0.4, -0.2) is 30.5 Å². The summed E-state index contributed by atoms with van der Waals surface area (Å²) in [5.74, 6) is 0.846. The number of nitrogens with zero attached hydrogens (tertiary/aromatic N) is 1. The van der Waals surface area contributed by atoms with E-state index in [4.69, 9.17) is 20.8 Å². The number of hydrogen-bond donors (Lipinski definition) is 0. The van der Waals surface area contributed by atoms with E-state index in [0.717, 1.165) is 17.5 Å². The lowest BCUT2D eigenvalue weighted by atomic mass is 9.85. The van der Waals surface area contributed by atoms with Gasteiger partial charge in [0, 0.05) is 30.6 Å². The standard InChI is InChI=1S/C20H24ClNO4/c1-11-12(2)20(24)26-17-9-18(16(21)8-15(11)17)25-13(3)19(23)22(4)10-14-6-5-7-14/h8-9,13-14H,5-7,10H2,1-4H3. The first-order valence-electron chi connectivity index (χ1n) is 8.93. The summed E-state index contributed by atoms with van der Waals surface area (Å²) in [6.07, 6.45) is 2.94. The number of halogens is 1. The van der Waals surface area contributed by atoms with Crippen molar-refractivity contribution in [2.45, 2.75) is 46.1 Å². The topological polar surface area (TPSA) is 59.8 Å². The molecule has 1 aromatic heterocycles. The Hall–Kier alpha value is -2.01. The summed E-state index contributed by atoms with van der Waals surface area (Å²) in [5.41, 5.74) is 1.41. The van der Waals surface area contributed by atoms with E-state index in [1.165, 1.54) is 19.3 Å². The lowest BCUT2D eigenvalue weighted by Gasteiger charge is -2.31. The molecule has 0 bridgehead atoms. The van der Waals surface area contributed by atoms with Crippen LogP contribution in [0.1, 0.15) is 37.3 Å². The van der Waals surface area contributed by atoms with Crippen molar-refractivity contribution in [3.8, 4) is 5.75 Å². The molecule has 0 spiro atoms. The molecule has 1 amide bonds. The van der Waals surface area contributed by atoms with Crippen LogP contribution in [0.25, 0.3) is 11.0 Å². The maximum absolute atomic E-state index is 12.5. The lowest BCUT2D eigenvalue weighted by molar-refractivity contribution is -0.137. The van der Waals surface area contributed by atoms with Gasteiger partial charge in [0.2, 0.25) is 0 Å². The summed E-state index contributed by atoms with van der Waals surface area (Å²) in [6, 6.07) is 3.30. The van der Waals surface area contributed by atoms with Crippen LogP contribution in [0.4, 0.5) is 0 Å². The number of aryl methyl sites for hydroxylation is 1. The molecular formula is C20H24ClNO4. The third kappa shape index (κ3) is 3.58. The van der Waals surface area contributed by atoms with Gasteiger partial charge in [0.1, 0.15) is 11.3 Å². The van der Waals surface area contributed by atoms with Crippen molar-refractivity contribution in [3.63, 3.8) is 0 Å². The number of fused-ring (bicyclic) bond motifs is 1. The molecule has 5 nitrogen and oxygen atoms in total. The highest BCUT2D eigenvalue weighted by Gasteiger charge is 2.25. The van der Waals surface area contributed by atoms with Gasteiger partial charge in [-0.15, -0.1) is 0 Å². The average Bonchev–Trinajstić information content (AvgIpc) is 2.57. The third-order valence-corrected chi connectivity index (χ3v) is 5.59. The Labute approximate surface area is 157 Å². The fourth-order valence-electron chi connectivity index (χ4n) is 3.24. The summed E-state index contributed by atoms with van der Waals surface area (Å²) in [7, 11) is 1.80. The number of rotatable bonds is 5. The second kappa shape index (κ2) is 7.31. The van der Waals surface area contributed by atoms with Crippen molar-refractivity contribution in [2.24, 2.45) is 5.92 Å². The predicted octanol–water partition coefficient (Wildman–Crippen LogP) is 4.09. The van der Waals surface area contributed by atoms with E-state index in [1.807, 2.05) is 6.92 Å². The number of hydrogen-bond acceptors (Lipinski definition) is 4. The van der Waals surface area contributed by atoms with Gasteiger partial charge < -0.3 is 14.1 Å². The minimum absolute atomic E-state index is 0.0883. The van der Waals surface area contributed by atoms with Gasteiger partial charge in [-0.05, 0) is 51.2 Å². The Kier molecular flexibility index (Phi) is 5.28. The molecule has 1 atom stereocenters. The molecule has 0 radical (unpaired) electrons. The second-order valence-corrected chi connectivity index (χ2v) is 7.60. The van der Waals surface area contributed by atoms with Crippen LogP contribution in [0.2, 0.25) is 5.02 Å². The zero-order chi connectivity index (χ0) is 19.0. The Bertz CT molecular complexity index is 901. The minimum Gasteiger partial charge on any atom is -0.479 e. The smallest absolute Gasteiger partial charge is 0.339 e. The van der Waals surface area contributed by atoms with Gasteiger partial charge in [-0.3, -0.25) is 4.79 Å². The van der Waals surface area contributed by atoms with Crippen LogP contribution in [-0.2, 0) is 4.79 Å². The van der Waals surface area contributed by atoms with Crippen molar-refractivity contribution >= 4 is 28.5 Å². The largest absolute Gasteiger partial charge is 0.479 e. The zero-order valence-corrected chi connectivity index (χ0v) is 16.4. The van der Waals surface area contributed by atoms with Crippen LogP contribution in [0.3, 0.4) is 0 Å². The summed E-state index contributed by atoms with van der Waals surface area (Å²) in [4.78, 5) is 26.2. The highest BCUT2D eigenvalue weighted by atomic mass is 35.5. The normalized spacial score (nSPS) is 15.6. The van der Waals surface area contributed by atoms with Crippen LogP contribution < -0.4 is 10.4 Å². The molecule has 1 heterocycles. The molecule has 1 unspecified atom stereocenters. The molecule has 1 aliphatic rings. The fourth-order valence-corrected chi connectivity index (χ4v) is 3.45. The van der Waals surface area contributed by atoms with E-state index < -0.39 is 6.10 Å². The van der Waals surface area contributed by atoms with Crippen molar-refractivity contribution in [3.05, 3.63) is 38.7 Å². The van der Waals surface area contributed by atoms with E-state index in [2.05, 4.69) is 0 Å². The lowest BCUT2D eigenvalue weighted by Crippen LogP contribution is -2.41. The van der Waals surface area contributed by atoms with E-state index in [9.17, 15) is 9.59 Å². The predicted molar refractivity (Wildman–Crippen MR) is 102 cm³/mol. The van der Waals surface area contributed by atoms with Gasteiger partial charge >= 0.3 is 5.63 Å². The molecule has 0 saturated heterocycles. The molecule has 1 fully saturated rings. The molecule has 0 aliphatic heterocycles. The molecule has 2 aromatic rings. The Morgan fingerprint density at radius 2 is 2.04 bits per heavy atom. The summed E-state index contributed by atoms with van der Waals surface area (Å²) < 4.78 is 11.1. The number of benzene rings is 1. The maximum atomic E-state index is 12.5. The second-order valence-electron chi connectivity index (χ2n) is 7.19. The van der Waals surface area contributed by atoms with E-state index >= 15 is 0 Å². The molecule has 140 valence electrons. The molecule has 6 heteroatoms. The van der Waals surface area contributed by atoms with E-state index in [-0.39, 0.29) is 11.5 Å². The van der Waals surface area contributed by atoms with Crippen molar-refractivity contribution in [1.29, 1.82) is 0 Å². The first-order valence-corrected chi connectivity index (χ1v) is 9.31. The highest BCUT2D eigenvalue weighted by Crippen LogP contribution is 2.33. The van der Waals surface area contributed by atoms with Gasteiger partial charge in [0.25, 0.3) is 5.91 Å². The van der Waals surface area contributed by atoms with Crippen LogP contribution in [0.5, 0.6) is 5.75 Å². The zero-order valence-electron chi connectivity index (χ0n) is 15.6. The first kappa shape index (κ1) is 18.8. The monoisotopic (exact) mass is 377 g/mol. The van der Waals surface area contributed by atoms with Crippen molar-refractivity contribution in [2.75, 3.05) is 13.6 Å². The molecule has 26 heavy (non-hydrogen) atoms. The molecule has 1 aliphatic carbocycles. The van der Waals surface area contributed by atoms with Gasteiger partial charge in [-0.25, -0.2) is 4.79 Å². The van der Waals surface area contributed by atoms with Crippen LogP contribution >= 0.6 is 11.6 Å². The summed E-state index contributed by atoms with van der Waals surface area (Å²) in [5, 5.41) is 1.15. The average molecular weight is 378 g/mol. The number of amides is 1. The van der Waals surface area contributed by atoms with Crippen LogP contribution in [0.15, 0.2) is 21.3 Å². The number of carbonyl (C=O) groups excluding carboxylic acids is 1. The molecule has 3 rings (SSSR count). The van der Waals surface area contributed by atoms with E-state index in [0.29, 0.717) is 27.8 Å². The van der Waals surface area contributed by atoms with Gasteiger partial charge in [-0.2, -0.15) is 0 Å². The van der Waals surface area contributed by atoms with Gasteiger partial charge in [-0.1, -0.05) is 18.0 Å². The van der Waals surface area contributed by atoms with Gasteiger partial charge in [0.05, 0.1) is 5.02 Å². The van der Waals surface area contributed by atoms with Crippen molar-refractivity contribution in [1.82, 2.24) is 4.90 Å². The third-order valence-electron chi connectivity index (χ3n) is 5.29. The van der Waals surface area contributed by atoms with Crippen molar-refractivity contribution < 1.29 is 13.9 Å². The number of ether oxygens (including phenoxy) is 1. The van der Waals surface area contributed by atoms with Crippen LogP contribution in [0, 0.1) is 19.8 Å². The molecule has 0 N–H and O–H groups in total. The SMILES string of the molecule is Cc1c(C)c2cc(Cl)c(OC(C)C(=O)N(C)CC3CCC3)cc2oc1=O. The van der Waals surface area contributed by atoms with E-state index in [1.54, 1.807) is 37.9 Å². The summed E-state index contributed by atoms with van der Waals surface area (Å²) >= 11 is 6.34. The molecule has 1 aromatic carbocycles. The maximum Gasteiger partial charge on any atom is 0.339 e. The fraction of sp³-hybridized carbons (Fsp3) is 0.500. The molecule has 1 saturated carbocycles. The highest BCUT2D eigenvalue weighted by molar-refractivity contribution is 6.32. The Morgan fingerprint density at radius 3 is 2.65 bits per heavy atom. The molecular weight excluding hydrogens is 354 g/mol. The number of carbonyl (C=O) groups is 1. The van der Waals surface area contributed by atoms with Gasteiger partial charge in [0.15, 0.2) is 6.10 Å². The Morgan fingerprint density at radius 1 is 1.35 bits per heavy atom.